The van der Waals surface area contributed by atoms with E-state index < -0.39 is 5.97 Å². The van der Waals surface area contributed by atoms with Crippen LogP contribution in [-0.2, 0) is 9.47 Å². The lowest BCUT2D eigenvalue weighted by Crippen LogP contribution is -2.55. The highest BCUT2D eigenvalue weighted by Gasteiger charge is 2.34. The zero-order valence-corrected chi connectivity index (χ0v) is 23.4. The number of carbonyl (C=O) groups excluding carboxylic acids is 2. The molecule has 0 aromatic carbocycles. The van der Waals surface area contributed by atoms with Crippen LogP contribution in [0.15, 0.2) is 12.4 Å². The van der Waals surface area contributed by atoms with Crippen LogP contribution >= 0.6 is 46.1 Å². The van der Waals surface area contributed by atoms with Crippen LogP contribution in [0.2, 0.25) is 15.2 Å². The Morgan fingerprint density at radius 3 is 2.59 bits per heavy atom. The highest BCUT2D eigenvalue weighted by Crippen LogP contribution is 2.35. The molecular formula is C23H25Cl3N6O4S. The molecule has 2 N–H and O–H groups in total. The molecule has 14 heteroatoms. The summed E-state index contributed by atoms with van der Waals surface area (Å²) in [5.74, 6) is -0.844. The normalized spacial score (nSPS) is 17.6. The number of anilines is 1. The smallest absolute Gasteiger partial charge is 0.350 e. The van der Waals surface area contributed by atoms with Gasteiger partial charge in [0.15, 0.2) is 5.13 Å². The van der Waals surface area contributed by atoms with Gasteiger partial charge in [-0.2, -0.15) is 0 Å². The molecule has 1 saturated heterocycles. The molecule has 3 aromatic rings. The first-order chi connectivity index (χ1) is 17.7. The summed E-state index contributed by atoms with van der Waals surface area (Å²) in [6, 6.07) is -0.270. The number of nitrogens with zero attached hydrogens (tertiary/aromatic N) is 4. The van der Waals surface area contributed by atoms with Crippen molar-refractivity contribution in [2.75, 3.05) is 31.2 Å². The van der Waals surface area contributed by atoms with E-state index in [9.17, 15) is 9.59 Å². The predicted octanol–water partition coefficient (Wildman–Crippen LogP) is 4.79. The van der Waals surface area contributed by atoms with Crippen molar-refractivity contribution < 1.29 is 19.1 Å². The zero-order chi connectivity index (χ0) is 26.7. The lowest BCUT2D eigenvalue weighted by Gasteiger charge is -2.38. The number of halogens is 3. The third-order valence-electron chi connectivity index (χ3n) is 5.75. The van der Waals surface area contributed by atoms with E-state index in [1.54, 1.807) is 13.8 Å². The second-order valence-corrected chi connectivity index (χ2v) is 10.3. The largest absolute Gasteiger partial charge is 0.462 e. The number of thiazole rings is 1. The zero-order valence-electron chi connectivity index (χ0n) is 20.3. The molecule has 1 fully saturated rings. The number of rotatable bonds is 8. The quantitative estimate of drug-likeness (QED) is 0.361. The number of nitrogens with one attached hydrogen (secondary N) is 2. The minimum atomic E-state index is -0.488. The van der Waals surface area contributed by atoms with Gasteiger partial charge in [0.25, 0.3) is 5.91 Å². The summed E-state index contributed by atoms with van der Waals surface area (Å²) in [6.45, 7) is 7.06. The van der Waals surface area contributed by atoms with Crippen LogP contribution in [0.5, 0.6) is 0 Å². The number of carbonyl (C=O) groups is 2. The number of aromatic amines is 1. The van der Waals surface area contributed by atoms with Crippen LogP contribution in [0.4, 0.5) is 5.13 Å². The van der Waals surface area contributed by atoms with Crippen molar-refractivity contribution in [3.05, 3.63) is 43.9 Å². The maximum absolute atomic E-state index is 12.9. The van der Waals surface area contributed by atoms with Gasteiger partial charge in [-0.15, -0.1) is 0 Å². The monoisotopic (exact) mass is 586 g/mol. The molecule has 2 atom stereocenters. The average Bonchev–Trinajstić information content (AvgIpc) is 3.43. The number of aryl methyl sites for hydroxylation is 1. The highest BCUT2D eigenvalue weighted by atomic mass is 35.5. The fraction of sp³-hybridized carbons (Fsp3) is 0.435. The number of H-pyrrole nitrogens is 1. The van der Waals surface area contributed by atoms with E-state index in [0.717, 1.165) is 0 Å². The minimum Gasteiger partial charge on any atom is -0.462 e. The topological polar surface area (TPSA) is 122 Å². The van der Waals surface area contributed by atoms with Crippen molar-refractivity contribution >= 4 is 63.1 Å². The standard InChI is InChI=1S/C23H25Cl3N6O4S/c1-4-35-14-10-32(7-6-12(14)30-21(33)19-17(26)16(25)11(3)29-19)23-31-18(13-8-28-15(24)9-27-13)20(37-23)22(34)36-5-2/h8-9,12,14,29H,4-7,10H2,1-3H3,(H,30,33)/t12-,14+/m1/s1. The van der Waals surface area contributed by atoms with Crippen molar-refractivity contribution in [1.29, 1.82) is 0 Å². The third kappa shape index (κ3) is 6.01. The van der Waals surface area contributed by atoms with Crippen molar-refractivity contribution in [1.82, 2.24) is 25.3 Å². The molecule has 1 amide bonds. The number of aromatic nitrogens is 4. The van der Waals surface area contributed by atoms with Gasteiger partial charge in [0, 0.05) is 25.4 Å². The number of hydrogen-bond donors (Lipinski definition) is 2. The van der Waals surface area contributed by atoms with Gasteiger partial charge in [0.05, 0.1) is 41.2 Å². The highest BCUT2D eigenvalue weighted by molar-refractivity contribution is 7.17. The minimum absolute atomic E-state index is 0.189. The first kappa shape index (κ1) is 27.6. The molecule has 0 bridgehead atoms. The first-order valence-corrected chi connectivity index (χ1v) is 13.5. The van der Waals surface area contributed by atoms with Crippen molar-refractivity contribution in [2.24, 2.45) is 0 Å². The van der Waals surface area contributed by atoms with Gasteiger partial charge in [0.2, 0.25) is 0 Å². The van der Waals surface area contributed by atoms with E-state index in [1.165, 1.54) is 23.7 Å². The van der Waals surface area contributed by atoms with Crippen molar-refractivity contribution in [3.63, 3.8) is 0 Å². The molecule has 4 heterocycles. The van der Waals surface area contributed by atoms with Crippen LogP contribution in [0.25, 0.3) is 11.4 Å². The number of esters is 1. The van der Waals surface area contributed by atoms with Crippen molar-refractivity contribution in [3.8, 4) is 11.4 Å². The fourth-order valence-corrected chi connectivity index (χ4v) is 5.51. The summed E-state index contributed by atoms with van der Waals surface area (Å²) >= 11 is 19.4. The molecule has 10 nitrogen and oxygen atoms in total. The van der Waals surface area contributed by atoms with E-state index in [1.807, 2.05) is 11.8 Å². The summed E-state index contributed by atoms with van der Waals surface area (Å²) in [5.41, 5.74) is 1.62. The van der Waals surface area contributed by atoms with Gasteiger partial charge < -0.3 is 24.7 Å². The van der Waals surface area contributed by atoms with E-state index in [0.29, 0.717) is 58.2 Å². The molecule has 3 aromatic heterocycles. The maximum atomic E-state index is 12.9. The van der Waals surface area contributed by atoms with E-state index in [2.05, 4.69) is 20.3 Å². The number of amides is 1. The van der Waals surface area contributed by atoms with Crippen LogP contribution in [0.1, 0.15) is 46.1 Å². The summed E-state index contributed by atoms with van der Waals surface area (Å²) in [7, 11) is 0. The van der Waals surface area contributed by atoms with Gasteiger partial charge in [0.1, 0.15) is 27.1 Å². The van der Waals surface area contributed by atoms with Gasteiger partial charge in [-0.05, 0) is 27.2 Å². The lowest BCUT2D eigenvalue weighted by atomic mass is 10.0. The van der Waals surface area contributed by atoms with Gasteiger partial charge in [-0.25, -0.2) is 19.7 Å². The average molecular weight is 588 g/mol. The predicted molar refractivity (Wildman–Crippen MR) is 143 cm³/mol. The van der Waals surface area contributed by atoms with Crippen LogP contribution in [-0.4, -0.2) is 70.3 Å². The van der Waals surface area contributed by atoms with Crippen molar-refractivity contribution in [2.45, 2.75) is 39.3 Å². The second kappa shape index (κ2) is 12.0. The summed E-state index contributed by atoms with van der Waals surface area (Å²) in [4.78, 5) is 43.9. The van der Waals surface area contributed by atoms with Crippen LogP contribution in [0, 0.1) is 6.92 Å². The summed E-state index contributed by atoms with van der Waals surface area (Å²) in [5, 5.41) is 4.38. The fourth-order valence-electron chi connectivity index (χ4n) is 3.99. The van der Waals surface area contributed by atoms with Gasteiger partial charge >= 0.3 is 5.97 Å². The third-order valence-corrected chi connectivity index (χ3v) is 7.99. The second-order valence-electron chi connectivity index (χ2n) is 8.18. The lowest BCUT2D eigenvalue weighted by molar-refractivity contribution is 0.0272. The molecule has 0 aliphatic carbocycles. The molecule has 37 heavy (non-hydrogen) atoms. The van der Waals surface area contributed by atoms with Gasteiger partial charge in [-0.3, -0.25) is 4.79 Å². The SMILES string of the molecule is CCOC(=O)c1sc(N2CC[C@@H](NC(=O)c3[nH]c(C)c(Cl)c3Cl)[C@@H](OCC)C2)nc1-c1cnc(Cl)cn1. The molecule has 1 aliphatic heterocycles. The van der Waals surface area contributed by atoms with Crippen LogP contribution < -0.4 is 10.2 Å². The Morgan fingerprint density at radius 1 is 1.19 bits per heavy atom. The molecule has 0 spiro atoms. The Hall–Kier alpha value is -2.44. The van der Waals surface area contributed by atoms with E-state index in [-0.39, 0.29) is 40.5 Å². The van der Waals surface area contributed by atoms with Crippen LogP contribution in [0.3, 0.4) is 0 Å². The summed E-state index contributed by atoms with van der Waals surface area (Å²) < 4.78 is 11.2. The Kier molecular flexibility index (Phi) is 8.91. The maximum Gasteiger partial charge on any atom is 0.350 e. The van der Waals surface area contributed by atoms with E-state index in [4.69, 9.17) is 49.3 Å². The Morgan fingerprint density at radius 2 is 1.97 bits per heavy atom. The Bertz CT molecular complexity index is 1280. The summed E-state index contributed by atoms with van der Waals surface area (Å²) in [6.07, 6.45) is 3.11. The number of hydrogen-bond acceptors (Lipinski definition) is 9. The van der Waals surface area contributed by atoms with E-state index >= 15 is 0 Å². The molecule has 1 aliphatic rings. The molecule has 0 saturated carbocycles. The number of piperidine rings is 1. The molecule has 198 valence electrons. The Labute approximate surface area is 232 Å². The molecular weight excluding hydrogens is 563 g/mol. The Balaban J connectivity index is 1.56. The molecule has 0 unspecified atom stereocenters. The molecule has 0 radical (unpaired) electrons. The van der Waals surface area contributed by atoms with Gasteiger partial charge in [-0.1, -0.05) is 46.1 Å². The first-order valence-electron chi connectivity index (χ1n) is 11.6. The number of ether oxygens (including phenoxy) is 2. The molecule has 4 rings (SSSR count).